The Bertz CT molecular complexity index is 395. The maximum Gasteiger partial charge on any atom is 0.238 e. The summed E-state index contributed by atoms with van der Waals surface area (Å²) >= 11 is 5.89. The van der Waals surface area contributed by atoms with Gasteiger partial charge in [-0.05, 0) is 38.0 Å². The topological polar surface area (TPSA) is 38.3 Å². The van der Waals surface area contributed by atoms with Gasteiger partial charge in [-0.25, -0.2) is 0 Å². The van der Waals surface area contributed by atoms with Crippen LogP contribution in [-0.4, -0.2) is 17.9 Å². The van der Waals surface area contributed by atoms with Crippen LogP contribution in [0.4, 0.5) is 0 Å². The molecule has 1 amide bonds. The van der Waals surface area contributed by atoms with Crippen molar-refractivity contribution in [3.63, 3.8) is 0 Å². The van der Waals surface area contributed by atoms with E-state index in [0.29, 0.717) is 13.0 Å². The average Bonchev–Trinajstić information content (AvgIpc) is 2.38. The molecule has 4 heteroatoms. The number of ether oxygens (including phenoxy) is 1. The summed E-state index contributed by atoms with van der Waals surface area (Å²) < 4.78 is 5.43. The molecule has 0 radical (unpaired) electrons. The normalized spacial score (nSPS) is 13.8. The number of hydrogen-bond donors (Lipinski definition) is 1. The van der Waals surface area contributed by atoms with Crippen molar-refractivity contribution in [3.05, 3.63) is 29.8 Å². The van der Waals surface area contributed by atoms with Crippen LogP contribution in [0.15, 0.2) is 24.3 Å². The van der Waals surface area contributed by atoms with Gasteiger partial charge in [0.15, 0.2) is 0 Å². The van der Waals surface area contributed by atoms with E-state index in [1.807, 2.05) is 45.0 Å². The molecule has 0 aliphatic heterocycles. The molecule has 0 unspecified atom stereocenters. The first-order chi connectivity index (χ1) is 8.58. The Labute approximate surface area is 113 Å². The Balaban J connectivity index is 2.68. The Morgan fingerprint density at radius 3 is 2.78 bits per heavy atom. The van der Waals surface area contributed by atoms with Crippen LogP contribution < -0.4 is 10.1 Å². The number of amides is 1. The fraction of sp³-hybridized carbons (Fsp3) is 0.500. The quantitative estimate of drug-likeness (QED) is 0.805. The molecule has 1 aromatic rings. The van der Waals surface area contributed by atoms with Crippen molar-refractivity contribution >= 4 is 17.5 Å². The fourth-order valence-electron chi connectivity index (χ4n) is 1.61. The minimum absolute atomic E-state index is 0.0780. The summed E-state index contributed by atoms with van der Waals surface area (Å²) in [6.07, 6.45) is 0.624. The lowest BCUT2D eigenvalue weighted by atomic mass is 10.1. The number of carbonyl (C=O) groups excluding carboxylic acids is 1. The van der Waals surface area contributed by atoms with Gasteiger partial charge in [0, 0.05) is 0 Å². The zero-order valence-corrected chi connectivity index (χ0v) is 11.8. The van der Waals surface area contributed by atoms with E-state index in [1.54, 1.807) is 0 Å². The number of benzene rings is 1. The highest BCUT2D eigenvalue weighted by molar-refractivity contribution is 6.30. The van der Waals surface area contributed by atoms with Crippen LogP contribution in [0.5, 0.6) is 5.75 Å². The molecule has 1 aromatic carbocycles. The standard InChI is InChI=1S/C14H20ClNO2/c1-4-13(15)14(17)16-10(3)11-7-6-8-12(9-11)18-5-2/h6-10,13H,4-5H2,1-3H3,(H,16,17)/t10-,13+/m0/s1. The molecule has 2 atom stereocenters. The number of alkyl halides is 1. The molecule has 1 N–H and O–H groups in total. The maximum atomic E-state index is 11.7. The number of nitrogens with one attached hydrogen (secondary N) is 1. The third kappa shape index (κ3) is 4.22. The molecule has 1 rings (SSSR count). The Hall–Kier alpha value is -1.22. The van der Waals surface area contributed by atoms with Crippen LogP contribution in [-0.2, 0) is 4.79 Å². The van der Waals surface area contributed by atoms with Gasteiger partial charge in [0.05, 0.1) is 12.6 Å². The SMILES string of the molecule is CCOc1cccc([C@H](C)NC(=O)[C@H](Cl)CC)c1. The molecule has 0 saturated carbocycles. The van der Waals surface area contributed by atoms with Crippen molar-refractivity contribution in [1.29, 1.82) is 0 Å². The first-order valence-electron chi connectivity index (χ1n) is 6.25. The Morgan fingerprint density at radius 2 is 2.17 bits per heavy atom. The van der Waals surface area contributed by atoms with E-state index in [9.17, 15) is 4.79 Å². The monoisotopic (exact) mass is 269 g/mol. The third-order valence-electron chi connectivity index (χ3n) is 2.67. The lowest BCUT2D eigenvalue weighted by Crippen LogP contribution is -2.33. The van der Waals surface area contributed by atoms with Crippen LogP contribution in [0.3, 0.4) is 0 Å². The largest absolute Gasteiger partial charge is 0.494 e. The van der Waals surface area contributed by atoms with Gasteiger partial charge in [-0.1, -0.05) is 19.1 Å². The summed E-state index contributed by atoms with van der Waals surface area (Å²) in [7, 11) is 0. The summed E-state index contributed by atoms with van der Waals surface area (Å²) in [5, 5.41) is 2.42. The lowest BCUT2D eigenvalue weighted by molar-refractivity contribution is -0.121. The van der Waals surface area contributed by atoms with E-state index in [0.717, 1.165) is 11.3 Å². The number of hydrogen-bond acceptors (Lipinski definition) is 2. The molecule has 0 bridgehead atoms. The Kier molecular flexibility index (Phi) is 5.99. The zero-order valence-electron chi connectivity index (χ0n) is 11.1. The van der Waals surface area contributed by atoms with Crippen LogP contribution in [0.25, 0.3) is 0 Å². The van der Waals surface area contributed by atoms with Crippen molar-refractivity contribution in [1.82, 2.24) is 5.32 Å². The van der Waals surface area contributed by atoms with Crippen LogP contribution in [0, 0.1) is 0 Å². The van der Waals surface area contributed by atoms with Gasteiger partial charge in [-0.15, -0.1) is 11.6 Å². The van der Waals surface area contributed by atoms with E-state index in [2.05, 4.69) is 5.32 Å². The summed E-state index contributed by atoms with van der Waals surface area (Å²) in [5.41, 5.74) is 1.01. The predicted molar refractivity (Wildman–Crippen MR) is 74.1 cm³/mol. The van der Waals surface area contributed by atoms with Gasteiger partial charge in [-0.2, -0.15) is 0 Å². The van der Waals surface area contributed by atoms with Crippen molar-refractivity contribution in [2.75, 3.05) is 6.61 Å². The minimum atomic E-state index is -0.470. The molecule has 18 heavy (non-hydrogen) atoms. The molecule has 0 aliphatic rings. The fourth-order valence-corrected chi connectivity index (χ4v) is 1.68. The molecule has 0 aliphatic carbocycles. The zero-order chi connectivity index (χ0) is 13.5. The van der Waals surface area contributed by atoms with E-state index in [-0.39, 0.29) is 11.9 Å². The summed E-state index contributed by atoms with van der Waals surface area (Å²) in [6, 6.07) is 7.64. The van der Waals surface area contributed by atoms with E-state index in [1.165, 1.54) is 0 Å². The number of halogens is 1. The molecule has 0 aromatic heterocycles. The Morgan fingerprint density at radius 1 is 1.44 bits per heavy atom. The van der Waals surface area contributed by atoms with Crippen molar-refractivity contribution in [2.24, 2.45) is 0 Å². The third-order valence-corrected chi connectivity index (χ3v) is 3.18. The van der Waals surface area contributed by atoms with Gasteiger partial charge in [-0.3, -0.25) is 4.79 Å². The molecule has 0 saturated heterocycles. The van der Waals surface area contributed by atoms with Gasteiger partial charge in [0.1, 0.15) is 11.1 Å². The average molecular weight is 270 g/mol. The first-order valence-corrected chi connectivity index (χ1v) is 6.69. The molecule has 100 valence electrons. The highest BCUT2D eigenvalue weighted by Gasteiger charge is 2.16. The second-order valence-electron chi connectivity index (χ2n) is 4.11. The summed E-state index contributed by atoms with van der Waals surface area (Å²) in [4.78, 5) is 11.7. The molecule has 3 nitrogen and oxygen atoms in total. The van der Waals surface area contributed by atoms with Crippen LogP contribution in [0.1, 0.15) is 38.8 Å². The maximum absolute atomic E-state index is 11.7. The van der Waals surface area contributed by atoms with Crippen molar-refractivity contribution < 1.29 is 9.53 Å². The molecule has 0 fully saturated rings. The van der Waals surface area contributed by atoms with Gasteiger partial charge in [0.25, 0.3) is 0 Å². The van der Waals surface area contributed by atoms with Crippen LogP contribution >= 0.6 is 11.6 Å². The lowest BCUT2D eigenvalue weighted by Gasteiger charge is -2.17. The van der Waals surface area contributed by atoms with E-state index >= 15 is 0 Å². The second kappa shape index (κ2) is 7.27. The van der Waals surface area contributed by atoms with E-state index < -0.39 is 5.38 Å². The summed E-state index contributed by atoms with van der Waals surface area (Å²) in [5.74, 6) is 0.683. The van der Waals surface area contributed by atoms with Crippen molar-refractivity contribution in [2.45, 2.75) is 38.6 Å². The van der Waals surface area contributed by atoms with Gasteiger partial charge in [0.2, 0.25) is 5.91 Å². The van der Waals surface area contributed by atoms with E-state index in [4.69, 9.17) is 16.3 Å². The van der Waals surface area contributed by atoms with Crippen LogP contribution in [0.2, 0.25) is 0 Å². The smallest absolute Gasteiger partial charge is 0.238 e. The summed E-state index contributed by atoms with van der Waals surface area (Å²) in [6.45, 7) is 6.39. The minimum Gasteiger partial charge on any atom is -0.494 e. The van der Waals surface area contributed by atoms with Gasteiger partial charge >= 0.3 is 0 Å². The van der Waals surface area contributed by atoms with Gasteiger partial charge < -0.3 is 10.1 Å². The number of rotatable bonds is 6. The predicted octanol–water partition coefficient (Wildman–Crippen LogP) is 3.28. The molecular formula is C14H20ClNO2. The number of carbonyl (C=O) groups is 1. The highest BCUT2D eigenvalue weighted by Crippen LogP contribution is 2.19. The first kappa shape index (κ1) is 14.8. The molecule has 0 heterocycles. The van der Waals surface area contributed by atoms with Crippen molar-refractivity contribution in [3.8, 4) is 5.75 Å². The highest BCUT2D eigenvalue weighted by atomic mass is 35.5. The molecule has 0 spiro atoms. The molecular weight excluding hydrogens is 250 g/mol. The second-order valence-corrected chi connectivity index (χ2v) is 4.64.